The van der Waals surface area contributed by atoms with Gasteiger partial charge in [-0.15, -0.1) is 0 Å². The number of hydrogen-bond acceptors (Lipinski definition) is 1. The largest absolute Gasteiger partial charge is 0.158 e. The Morgan fingerprint density at radius 2 is 1.38 bits per heavy atom. The van der Waals surface area contributed by atoms with E-state index >= 15 is 0 Å². The van der Waals surface area contributed by atoms with Gasteiger partial charge < -0.3 is 0 Å². The molecule has 0 aromatic heterocycles. The van der Waals surface area contributed by atoms with Crippen LogP contribution >= 0.6 is 11.8 Å². The minimum atomic E-state index is 0.825. The molecule has 0 radical (unpaired) electrons. The van der Waals surface area contributed by atoms with Gasteiger partial charge in [-0.25, -0.2) is 0 Å². The molecule has 0 rings (SSSR count). The van der Waals surface area contributed by atoms with E-state index in [0.29, 0.717) is 0 Å². The number of hydrogen-bond donors (Lipinski definition) is 0. The Morgan fingerprint density at radius 3 is 1.69 bits per heavy atom. The second-order valence-electron chi connectivity index (χ2n) is 5.14. The minimum Gasteiger partial charge on any atom is -0.158 e. The van der Waals surface area contributed by atoms with Gasteiger partial charge in [0.15, 0.2) is 0 Å². The van der Waals surface area contributed by atoms with E-state index < -0.39 is 0 Å². The zero-order chi connectivity index (χ0) is 10.4. The van der Waals surface area contributed by atoms with Gasteiger partial charge in [-0.1, -0.05) is 41.5 Å². The second kappa shape index (κ2) is 6.75. The van der Waals surface area contributed by atoms with Gasteiger partial charge >= 0.3 is 0 Å². The van der Waals surface area contributed by atoms with Crippen molar-refractivity contribution in [3.8, 4) is 0 Å². The van der Waals surface area contributed by atoms with E-state index in [1.807, 2.05) is 0 Å². The molecule has 0 aliphatic carbocycles. The van der Waals surface area contributed by atoms with Crippen molar-refractivity contribution in [2.75, 3.05) is 5.75 Å². The first-order chi connectivity index (χ1) is 5.93. The minimum absolute atomic E-state index is 0.825. The molecule has 80 valence electrons. The highest BCUT2D eigenvalue weighted by atomic mass is 32.2. The maximum absolute atomic E-state index is 2.35. The Morgan fingerprint density at radius 1 is 0.846 bits per heavy atom. The van der Waals surface area contributed by atoms with Crippen LogP contribution in [0.4, 0.5) is 0 Å². The third-order valence-corrected chi connectivity index (χ3v) is 4.11. The normalized spacial score (nSPS) is 14.5. The molecule has 0 fully saturated rings. The van der Waals surface area contributed by atoms with Gasteiger partial charge in [-0.05, 0) is 29.9 Å². The Labute approximate surface area is 88.9 Å². The summed E-state index contributed by atoms with van der Waals surface area (Å²) in [5, 5.41) is 0.863. The number of thioether (sulfide) groups is 1. The maximum Gasteiger partial charge on any atom is 0.00725 e. The Hall–Kier alpha value is 0.350. The van der Waals surface area contributed by atoms with Crippen molar-refractivity contribution in [2.24, 2.45) is 17.8 Å². The van der Waals surface area contributed by atoms with Gasteiger partial charge in [0.25, 0.3) is 0 Å². The molecule has 1 unspecified atom stereocenters. The van der Waals surface area contributed by atoms with E-state index in [9.17, 15) is 0 Å². The summed E-state index contributed by atoms with van der Waals surface area (Å²) in [6, 6.07) is 0. The SMILES string of the molecule is CC(C)CSC(CC(C)C)C(C)C. The maximum atomic E-state index is 2.35. The molecule has 0 N–H and O–H groups in total. The fourth-order valence-corrected chi connectivity index (χ4v) is 2.85. The summed E-state index contributed by atoms with van der Waals surface area (Å²) in [5.41, 5.74) is 0. The molecule has 0 amide bonds. The van der Waals surface area contributed by atoms with Crippen LogP contribution in [0.5, 0.6) is 0 Å². The standard InChI is InChI=1S/C12H26S/c1-9(2)7-12(11(5)6)13-8-10(3)4/h9-12H,7-8H2,1-6H3. The third-order valence-electron chi connectivity index (χ3n) is 2.09. The first kappa shape index (κ1) is 13.4. The van der Waals surface area contributed by atoms with Crippen molar-refractivity contribution >= 4 is 11.8 Å². The lowest BCUT2D eigenvalue weighted by molar-refractivity contribution is 0.489. The van der Waals surface area contributed by atoms with E-state index in [1.165, 1.54) is 12.2 Å². The zero-order valence-electron chi connectivity index (χ0n) is 10.1. The second-order valence-corrected chi connectivity index (χ2v) is 6.41. The van der Waals surface area contributed by atoms with Gasteiger partial charge in [0.1, 0.15) is 0 Å². The van der Waals surface area contributed by atoms with Gasteiger partial charge in [0.2, 0.25) is 0 Å². The summed E-state index contributed by atoms with van der Waals surface area (Å²) in [7, 11) is 0. The molecule has 0 aromatic carbocycles. The van der Waals surface area contributed by atoms with Gasteiger partial charge in [-0.3, -0.25) is 0 Å². The highest BCUT2D eigenvalue weighted by molar-refractivity contribution is 7.99. The van der Waals surface area contributed by atoms with E-state index in [1.54, 1.807) is 0 Å². The van der Waals surface area contributed by atoms with Crippen molar-refractivity contribution in [1.29, 1.82) is 0 Å². The Balaban J connectivity index is 3.81. The lowest BCUT2D eigenvalue weighted by Gasteiger charge is -2.23. The van der Waals surface area contributed by atoms with Crippen molar-refractivity contribution in [1.82, 2.24) is 0 Å². The zero-order valence-corrected chi connectivity index (χ0v) is 10.9. The molecular weight excluding hydrogens is 176 g/mol. The first-order valence-electron chi connectivity index (χ1n) is 5.55. The average Bonchev–Trinajstić information content (AvgIpc) is 1.96. The van der Waals surface area contributed by atoms with Crippen LogP contribution in [-0.4, -0.2) is 11.0 Å². The summed E-state index contributed by atoms with van der Waals surface area (Å²) >= 11 is 2.17. The van der Waals surface area contributed by atoms with Gasteiger partial charge in [-0.2, -0.15) is 11.8 Å². The summed E-state index contributed by atoms with van der Waals surface area (Å²) in [5.74, 6) is 3.81. The molecule has 1 heteroatoms. The van der Waals surface area contributed by atoms with Crippen LogP contribution in [0, 0.1) is 17.8 Å². The Bertz CT molecular complexity index is 116. The molecule has 1 atom stereocenters. The van der Waals surface area contributed by atoms with Crippen LogP contribution in [-0.2, 0) is 0 Å². The van der Waals surface area contributed by atoms with Crippen molar-refractivity contribution in [2.45, 2.75) is 53.2 Å². The quantitative estimate of drug-likeness (QED) is 0.613. The van der Waals surface area contributed by atoms with Crippen molar-refractivity contribution < 1.29 is 0 Å². The third kappa shape index (κ3) is 7.42. The van der Waals surface area contributed by atoms with Crippen molar-refractivity contribution in [3.05, 3.63) is 0 Å². The van der Waals surface area contributed by atoms with Gasteiger partial charge in [0, 0.05) is 5.25 Å². The molecule has 0 aliphatic rings. The Kier molecular flexibility index (Phi) is 6.93. The predicted molar refractivity (Wildman–Crippen MR) is 65.4 cm³/mol. The summed E-state index contributed by atoms with van der Waals surface area (Å²) < 4.78 is 0. The van der Waals surface area contributed by atoms with Crippen LogP contribution in [0.3, 0.4) is 0 Å². The number of rotatable bonds is 6. The summed E-state index contributed by atoms with van der Waals surface area (Å²) in [6.07, 6.45) is 1.37. The monoisotopic (exact) mass is 202 g/mol. The molecule has 0 aromatic rings. The highest BCUT2D eigenvalue weighted by Gasteiger charge is 2.15. The van der Waals surface area contributed by atoms with E-state index in [-0.39, 0.29) is 0 Å². The summed E-state index contributed by atoms with van der Waals surface area (Å²) in [6.45, 7) is 14.0. The predicted octanol–water partition coefficient (Wildman–Crippen LogP) is 4.45. The van der Waals surface area contributed by atoms with E-state index in [2.05, 4.69) is 53.3 Å². The van der Waals surface area contributed by atoms with Crippen LogP contribution in [0.25, 0.3) is 0 Å². The van der Waals surface area contributed by atoms with Crippen LogP contribution < -0.4 is 0 Å². The van der Waals surface area contributed by atoms with Crippen molar-refractivity contribution in [3.63, 3.8) is 0 Å². The molecule has 13 heavy (non-hydrogen) atoms. The molecule has 0 nitrogen and oxygen atoms in total. The lowest BCUT2D eigenvalue weighted by Crippen LogP contribution is -2.15. The molecule has 0 saturated carbocycles. The smallest absolute Gasteiger partial charge is 0.00725 e. The highest BCUT2D eigenvalue weighted by Crippen LogP contribution is 2.27. The molecule has 0 spiro atoms. The fraction of sp³-hybridized carbons (Fsp3) is 1.00. The van der Waals surface area contributed by atoms with Crippen LogP contribution in [0.1, 0.15) is 48.0 Å². The van der Waals surface area contributed by atoms with Gasteiger partial charge in [0.05, 0.1) is 0 Å². The molecule has 0 bridgehead atoms. The molecular formula is C12H26S. The topological polar surface area (TPSA) is 0 Å². The van der Waals surface area contributed by atoms with E-state index in [4.69, 9.17) is 0 Å². The lowest BCUT2D eigenvalue weighted by atomic mass is 10.0. The fourth-order valence-electron chi connectivity index (χ4n) is 1.31. The molecule has 0 saturated heterocycles. The van der Waals surface area contributed by atoms with Crippen LogP contribution in [0.15, 0.2) is 0 Å². The summed E-state index contributed by atoms with van der Waals surface area (Å²) in [4.78, 5) is 0. The van der Waals surface area contributed by atoms with E-state index in [0.717, 1.165) is 23.0 Å². The first-order valence-corrected chi connectivity index (χ1v) is 6.60. The average molecular weight is 202 g/mol. The van der Waals surface area contributed by atoms with Crippen LogP contribution in [0.2, 0.25) is 0 Å². The molecule has 0 aliphatic heterocycles. The molecule has 0 heterocycles.